The third-order valence-corrected chi connectivity index (χ3v) is 4.89. The summed E-state index contributed by atoms with van der Waals surface area (Å²) in [7, 11) is -1.84. The molecule has 2 aromatic carbocycles. The summed E-state index contributed by atoms with van der Waals surface area (Å²) >= 11 is 0. The van der Waals surface area contributed by atoms with Crippen LogP contribution < -0.4 is 4.72 Å². The van der Waals surface area contributed by atoms with Gasteiger partial charge in [-0.3, -0.25) is 9.71 Å². The molecule has 0 saturated heterocycles. The number of sulfonamides is 1. The van der Waals surface area contributed by atoms with Gasteiger partial charge >= 0.3 is 0 Å². The van der Waals surface area contributed by atoms with E-state index in [9.17, 15) is 8.42 Å². The highest BCUT2D eigenvalue weighted by Crippen LogP contribution is 2.22. The molecule has 1 heterocycles. The SMILES string of the molecule is COCc1ccccc1CN=C1NS(=O)(=O)c2ccccc21. The Kier molecular flexibility index (Phi) is 3.96. The normalized spacial score (nSPS) is 17.2. The molecule has 0 unspecified atom stereocenters. The van der Waals surface area contributed by atoms with Crippen molar-refractivity contribution in [3.8, 4) is 0 Å². The Balaban J connectivity index is 1.92. The van der Waals surface area contributed by atoms with Crippen molar-refractivity contribution in [2.45, 2.75) is 18.0 Å². The van der Waals surface area contributed by atoms with Crippen molar-refractivity contribution in [3.63, 3.8) is 0 Å². The summed E-state index contributed by atoms with van der Waals surface area (Å²) in [5, 5.41) is 0. The second-order valence-electron chi connectivity index (χ2n) is 4.97. The smallest absolute Gasteiger partial charge is 0.263 e. The van der Waals surface area contributed by atoms with E-state index in [1.807, 2.05) is 24.3 Å². The molecule has 22 heavy (non-hydrogen) atoms. The monoisotopic (exact) mass is 316 g/mol. The molecule has 6 heteroatoms. The lowest BCUT2D eigenvalue weighted by molar-refractivity contribution is 0.184. The van der Waals surface area contributed by atoms with Crippen LogP contribution in [0.25, 0.3) is 0 Å². The minimum atomic E-state index is -3.48. The molecule has 0 fully saturated rings. The highest BCUT2D eigenvalue weighted by molar-refractivity contribution is 7.90. The van der Waals surface area contributed by atoms with Crippen molar-refractivity contribution in [2.24, 2.45) is 4.99 Å². The molecule has 0 radical (unpaired) electrons. The summed E-state index contributed by atoms with van der Waals surface area (Å²) in [6, 6.07) is 14.7. The third kappa shape index (κ3) is 2.75. The van der Waals surface area contributed by atoms with Crippen molar-refractivity contribution in [2.75, 3.05) is 7.11 Å². The number of benzene rings is 2. The molecule has 0 atom stereocenters. The lowest BCUT2D eigenvalue weighted by atomic mass is 10.1. The van der Waals surface area contributed by atoms with E-state index in [1.165, 1.54) is 0 Å². The van der Waals surface area contributed by atoms with Gasteiger partial charge in [0.2, 0.25) is 0 Å². The summed E-state index contributed by atoms with van der Waals surface area (Å²) in [5.74, 6) is 0.391. The molecule has 1 N–H and O–H groups in total. The minimum absolute atomic E-state index is 0.277. The first kappa shape index (κ1) is 14.7. The van der Waals surface area contributed by atoms with Crippen molar-refractivity contribution in [1.82, 2.24) is 4.72 Å². The van der Waals surface area contributed by atoms with Crippen LogP contribution in [0.5, 0.6) is 0 Å². The largest absolute Gasteiger partial charge is 0.380 e. The zero-order chi connectivity index (χ0) is 15.6. The topological polar surface area (TPSA) is 67.8 Å². The molecule has 0 aromatic heterocycles. The van der Waals surface area contributed by atoms with Crippen LogP contribution in [-0.4, -0.2) is 21.4 Å². The van der Waals surface area contributed by atoms with E-state index in [-0.39, 0.29) is 4.90 Å². The van der Waals surface area contributed by atoms with Gasteiger partial charge in [-0.2, -0.15) is 0 Å². The molecule has 1 aliphatic rings. The van der Waals surface area contributed by atoms with Gasteiger partial charge in [-0.25, -0.2) is 8.42 Å². The first-order valence-corrected chi connectivity index (χ1v) is 8.32. The maximum absolute atomic E-state index is 12.0. The van der Waals surface area contributed by atoms with E-state index in [2.05, 4.69) is 9.71 Å². The maximum Gasteiger partial charge on any atom is 0.263 e. The van der Waals surface area contributed by atoms with Crippen molar-refractivity contribution in [3.05, 3.63) is 65.2 Å². The molecule has 0 aliphatic carbocycles. The van der Waals surface area contributed by atoms with Gasteiger partial charge in [-0.1, -0.05) is 36.4 Å². The van der Waals surface area contributed by atoms with E-state index in [1.54, 1.807) is 31.4 Å². The highest BCUT2D eigenvalue weighted by Gasteiger charge is 2.29. The Morgan fingerprint density at radius 2 is 1.73 bits per heavy atom. The first-order valence-electron chi connectivity index (χ1n) is 6.84. The summed E-state index contributed by atoms with van der Waals surface area (Å²) in [4.78, 5) is 4.72. The lowest BCUT2D eigenvalue weighted by Gasteiger charge is -2.06. The summed E-state index contributed by atoms with van der Waals surface area (Å²) < 4.78 is 31.7. The zero-order valence-electron chi connectivity index (χ0n) is 12.1. The fourth-order valence-corrected chi connectivity index (χ4v) is 3.67. The lowest BCUT2D eigenvalue weighted by Crippen LogP contribution is -2.22. The molecule has 1 aliphatic heterocycles. The van der Waals surface area contributed by atoms with Crippen molar-refractivity contribution >= 4 is 15.9 Å². The molecule has 0 bridgehead atoms. The molecule has 3 rings (SSSR count). The van der Waals surface area contributed by atoms with Gasteiger partial charge in [-0.15, -0.1) is 0 Å². The van der Waals surface area contributed by atoms with Crippen LogP contribution in [-0.2, 0) is 27.9 Å². The second-order valence-corrected chi connectivity index (χ2v) is 6.62. The highest BCUT2D eigenvalue weighted by atomic mass is 32.2. The Morgan fingerprint density at radius 1 is 1.05 bits per heavy atom. The van der Waals surface area contributed by atoms with Gasteiger partial charge in [0, 0.05) is 12.7 Å². The standard InChI is InChI=1S/C16H16N2O3S/c1-21-11-13-7-3-2-6-12(13)10-17-16-14-8-4-5-9-15(14)22(19,20)18-16/h2-9H,10-11H2,1H3,(H,17,18). The van der Waals surface area contributed by atoms with Gasteiger partial charge in [0.25, 0.3) is 10.0 Å². The van der Waals surface area contributed by atoms with Gasteiger partial charge in [0.15, 0.2) is 0 Å². The van der Waals surface area contributed by atoms with Crippen LogP contribution in [0, 0.1) is 0 Å². The number of aliphatic imine (C=N–C) groups is 1. The van der Waals surface area contributed by atoms with Gasteiger partial charge < -0.3 is 4.74 Å². The zero-order valence-corrected chi connectivity index (χ0v) is 12.9. The first-order chi connectivity index (χ1) is 10.6. The summed E-state index contributed by atoms with van der Waals surface area (Å²) in [6.07, 6.45) is 0. The number of fused-ring (bicyclic) bond motifs is 1. The van der Waals surface area contributed by atoms with Crippen LogP contribution in [0.3, 0.4) is 0 Å². The number of hydrogen-bond acceptors (Lipinski definition) is 4. The molecule has 5 nitrogen and oxygen atoms in total. The number of ether oxygens (including phenoxy) is 1. The van der Waals surface area contributed by atoms with E-state index in [4.69, 9.17) is 4.74 Å². The Bertz CT molecular complexity index is 829. The Morgan fingerprint density at radius 3 is 2.50 bits per heavy atom. The molecule has 0 saturated carbocycles. The van der Waals surface area contributed by atoms with Crippen LogP contribution in [0.1, 0.15) is 16.7 Å². The van der Waals surface area contributed by atoms with E-state index >= 15 is 0 Å². The van der Waals surface area contributed by atoms with Gasteiger partial charge in [-0.05, 0) is 23.3 Å². The fourth-order valence-electron chi connectivity index (χ4n) is 2.42. The predicted octanol–water partition coefficient (Wildman–Crippen LogP) is 2.07. The van der Waals surface area contributed by atoms with E-state index in [0.29, 0.717) is 24.6 Å². The minimum Gasteiger partial charge on any atom is -0.380 e. The number of amidine groups is 1. The van der Waals surface area contributed by atoms with Crippen molar-refractivity contribution < 1.29 is 13.2 Å². The van der Waals surface area contributed by atoms with Crippen molar-refractivity contribution in [1.29, 1.82) is 0 Å². The fraction of sp³-hybridized carbons (Fsp3) is 0.188. The van der Waals surface area contributed by atoms with E-state index < -0.39 is 10.0 Å². The average Bonchev–Trinajstić information content (AvgIpc) is 2.78. The quantitative estimate of drug-likeness (QED) is 0.939. The number of nitrogens with one attached hydrogen (secondary N) is 1. The molecule has 0 spiro atoms. The average molecular weight is 316 g/mol. The molecular formula is C16H16N2O3S. The number of methoxy groups -OCH3 is 1. The number of rotatable bonds is 4. The summed E-state index contributed by atoms with van der Waals surface area (Å²) in [5.41, 5.74) is 2.68. The van der Waals surface area contributed by atoms with Crippen LogP contribution in [0.15, 0.2) is 58.4 Å². The third-order valence-electron chi connectivity index (χ3n) is 3.49. The van der Waals surface area contributed by atoms with Crippen LogP contribution in [0.4, 0.5) is 0 Å². The van der Waals surface area contributed by atoms with E-state index in [0.717, 1.165) is 11.1 Å². The molecule has 114 valence electrons. The van der Waals surface area contributed by atoms with Gasteiger partial charge in [0.05, 0.1) is 18.0 Å². The predicted molar refractivity (Wildman–Crippen MR) is 84.2 cm³/mol. The Hall–Kier alpha value is -2.18. The molecule has 0 amide bonds. The number of hydrogen-bond donors (Lipinski definition) is 1. The molecule has 2 aromatic rings. The van der Waals surface area contributed by atoms with Crippen LogP contribution >= 0.6 is 0 Å². The van der Waals surface area contributed by atoms with Gasteiger partial charge in [0.1, 0.15) is 5.84 Å². The number of nitrogens with zero attached hydrogens (tertiary/aromatic N) is 1. The molecular weight excluding hydrogens is 300 g/mol. The Labute approximate surface area is 129 Å². The maximum atomic E-state index is 12.0. The summed E-state index contributed by atoms with van der Waals surface area (Å²) in [6.45, 7) is 0.898. The van der Waals surface area contributed by atoms with Crippen LogP contribution in [0.2, 0.25) is 0 Å². The second kappa shape index (κ2) is 5.90.